The number of hydrogen-bond acceptors (Lipinski definition) is 7. The van der Waals surface area contributed by atoms with Crippen LogP contribution in [-0.2, 0) is 32.2 Å². The van der Waals surface area contributed by atoms with Gasteiger partial charge in [-0.3, -0.25) is 19.4 Å². The summed E-state index contributed by atoms with van der Waals surface area (Å²) < 4.78 is 13.0. The smallest absolute Gasteiger partial charge is 0.303 e. The predicted molar refractivity (Wildman–Crippen MR) is 168 cm³/mol. The molecule has 0 radical (unpaired) electrons. The summed E-state index contributed by atoms with van der Waals surface area (Å²) in [6.07, 6.45) is 1.35. The Morgan fingerprint density at radius 1 is 0.773 bits per heavy atom. The van der Waals surface area contributed by atoms with Crippen molar-refractivity contribution in [2.24, 2.45) is 0 Å². The van der Waals surface area contributed by atoms with Gasteiger partial charge in [0.15, 0.2) is 6.29 Å². The van der Waals surface area contributed by atoms with Crippen molar-refractivity contribution in [3.8, 4) is 0 Å². The van der Waals surface area contributed by atoms with Gasteiger partial charge in [0, 0.05) is 69.8 Å². The van der Waals surface area contributed by atoms with Crippen molar-refractivity contribution in [3.63, 3.8) is 0 Å². The molecule has 2 fully saturated rings. The zero-order chi connectivity index (χ0) is 30.7. The number of hydrogen-bond donors (Lipinski definition) is 3. The second-order valence-electron chi connectivity index (χ2n) is 11.7. The van der Waals surface area contributed by atoms with Crippen molar-refractivity contribution in [2.75, 3.05) is 38.0 Å². The van der Waals surface area contributed by atoms with Gasteiger partial charge in [0.25, 0.3) is 0 Å². The Labute approximate surface area is 259 Å². The maximum Gasteiger partial charge on any atom is 0.303 e. The standard InChI is InChI=1S/C35H43N3O6/c39-25-27-10-12-28(13-11-27)32-22-31(24-38-20-18-37(19-21-38)23-26-6-2-1-3-7-26)43-35(44-32)29-14-16-30(17-15-29)36-33(40)8-4-5-9-34(41)42/h1-3,6-7,10-17,31-32,35,39H,4-5,8-9,18-25H2,(H,36,40)(H,41,42)/t31-,32+,35+/m0/s1. The summed E-state index contributed by atoms with van der Waals surface area (Å²) in [6.45, 7) is 5.79. The molecule has 0 spiro atoms. The summed E-state index contributed by atoms with van der Waals surface area (Å²) in [7, 11) is 0. The van der Waals surface area contributed by atoms with E-state index in [1.165, 1.54) is 5.56 Å². The quantitative estimate of drug-likeness (QED) is 0.232. The minimum atomic E-state index is -0.846. The maximum atomic E-state index is 12.3. The Balaban J connectivity index is 1.20. The Bertz CT molecular complexity index is 1330. The number of carbonyl (C=O) groups is 2. The molecule has 9 nitrogen and oxygen atoms in total. The van der Waals surface area contributed by atoms with Crippen LogP contribution in [0.2, 0.25) is 0 Å². The summed E-state index contributed by atoms with van der Waals surface area (Å²) in [5.41, 5.74) is 4.81. The molecule has 2 saturated heterocycles. The average Bonchev–Trinajstić information content (AvgIpc) is 3.05. The van der Waals surface area contributed by atoms with Crippen LogP contribution in [-0.4, -0.2) is 70.7 Å². The number of benzene rings is 3. The third-order valence-electron chi connectivity index (χ3n) is 8.30. The van der Waals surface area contributed by atoms with Crippen molar-refractivity contribution >= 4 is 17.6 Å². The SMILES string of the molecule is O=C(O)CCCCC(=O)Nc1ccc([C@@H]2O[C@H](CN3CCN(Cc4ccccc4)CC3)C[C@H](c3ccc(CO)cc3)O2)cc1. The van der Waals surface area contributed by atoms with Gasteiger partial charge in [-0.25, -0.2) is 0 Å². The number of carboxylic acid groups (broad SMARTS) is 1. The minimum Gasteiger partial charge on any atom is -0.481 e. The number of aliphatic hydroxyl groups is 1. The number of nitrogens with one attached hydrogen (secondary N) is 1. The number of piperazine rings is 1. The van der Waals surface area contributed by atoms with E-state index in [-0.39, 0.29) is 37.6 Å². The molecule has 3 aromatic rings. The van der Waals surface area contributed by atoms with Crippen LogP contribution in [0.3, 0.4) is 0 Å². The first-order chi connectivity index (χ1) is 21.4. The van der Waals surface area contributed by atoms with Gasteiger partial charge in [0.1, 0.15) is 0 Å². The van der Waals surface area contributed by atoms with Gasteiger partial charge in [0.05, 0.1) is 18.8 Å². The summed E-state index contributed by atoms with van der Waals surface area (Å²) >= 11 is 0. The molecule has 5 rings (SSSR count). The fourth-order valence-corrected chi connectivity index (χ4v) is 5.80. The fourth-order valence-electron chi connectivity index (χ4n) is 5.80. The lowest BCUT2D eigenvalue weighted by atomic mass is 9.99. The van der Waals surface area contributed by atoms with Crippen LogP contribution in [0.25, 0.3) is 0 Å². The molecule has 2 aliphatic rings. The molecule has 44 heavy (non-hydrogen) atoms. The van der Waals surface area contributed by atoms with E-state index in [1.54, 1.807) is 0 Å². The van der Waals surface area contributed by atoms with E-state index in [9.17, 15) is 14.7 Å². The third-order valence-corrected chi connectivity index (χ3v) is 8.30. The number of amides is 1. The first-order valence-corrected chi connectivity index (χ1v) is 15.6. The Kier molecular flexibility index (Phi) is 11.5. The van der Waals surface area contributed by atoms with E-state index >= 15 is 0 Å². The molecule has 2 heterocycles. The molecule has 2 aliphatic heterocycles. The van der Waals surface area contributed by atoms with Gasteiger partial charge in [-0.1, -0.05) is 66.7 Å². The highest BCUT2D eigenvalue weighted by molar-refractivity contribution is 5.90. The van der Waals surface area contributed by atoms with Crippen molar-refractivity contribution in [1.29, 1.82) is 0 Å². The zero-order valence-electron chi connectivity index (χ0n) is 25.1. The van der Waals surface area contributed by atoms with Crippen LogP contribution in [0.4, 0.5) is 5.69 Å². The van der Waals surface area contributed by atoms with Crippen LogP contribution in [0.1, 0.15) is 66.8 Å². The number of anilines is 1. The van der Waals surface area contributed by atoms with Crippen LogP contribution < -0.4 is 5.32 Å². The fraction of sp³-hybridized carbons (Fsp3) is 0.429. The molecular formula is C35H43N3O6. The topological polar surface area (TPSA) is 112 Å². The van der Waals surface area contributed by atoms with Crippen LogP contribution in [0, 0.1) is 0 Å². The summed E-state index contributed by atoms with van der Waals surface area (Å²) in [5, 5.41) is 21.2. The van der Waals surface area contributed by atoms with Gasteiger partial charge in [-0.15, -0.1) is 0 Å². The highest BCUT2D eigenvalue weighted by atomic mass is 16.7. The minimum absolute atomic E-state index is 0.00162. The van der Waals surface area contributed by atoms with E-state index in [0.717, 1.165) is 62.4 Å². The van der Waals surface area contributed by atoms with Gasteiger partial charge >= 0.3 is 5.97 Å². The first kappa shape index (κ1) is 31.8. The summed E-state index contributed by atoms with van der Waals surface area (Å²) in [6, 6.07) is 26.0. The number of unbranched alkanes of at least 4 members (excludes halogenated alkanes) is 1. The maximum absolute atomic E-state index is 12.3. The third kappa shape index (κ3) is 9.45. The molecule has 1 amide bonds. The number of ether oxygens (including phenoxy) is 2. The van der Waals surface area contributed by atoms with Crippen molar-refractivity contribution in [3.05, 3.63) is 101 Å². The van der Waals surface area contributed by atoms with E-state index in [1.807, 2.05) is 48.5 Å². The molecule has 0 bridgehead atoms. The van der Waals surface area contributed by atoms with Gasteiger partial charge in [-0.05, 0) is 41.7 Å². The highest BCUT2D eigenvalue weighted by Crippen LogP contribution is 2.38. The Morgan fingerprint density at radius 2 is 1.43 bits per heavy atom. The summed E-state index contributed by atoms with van der Waals surface area (Å²) in [4.78, 5) is 28.0. The molecule has 9 heteroatoms. The molecule has 3 atom stereocenters. The predicted octanol–water partition coefficient (Wildman–Crippen LogP) is 5.13. The van der Waals surface area contributed by atoms with Crippen LogP contribution in [0.15, 0.2) is 78.9 Å². The number of carboxylic acids is 1. The van der Waals surface area contributed by atoms with E-state index < -0.39 is 12.3 Å². The number of nitrogens with zero attached hydrogens (tertiary/aromatic N) is 2. The normalized spacial score (nSPS) is 21.2. The number of carbonyl (C=O) groups excluding carboxylic acids is 1. The average molecular weight is 602 g/mol. The lowest BCUT2D eigenvalue weighted by molar-refractivity contribution is -0.253. The van der Waals surface area contributed by atoms with Crippen molar-refractivity contribution < 1.29 is 29.3 Å². The van der Waals surface area contributed by atoms with Crippen LogP contribution >= 0.6 is 0 Å². The van der Waals surface area contributed by atoms with E-state index in [0.29, 0.717) is 18.5 Å². The highest BCUT2D eigenvalue weighted by Gasteiger charge is 2.33. The molecule has 3 N–H and O–H groups in total. The first-order valence-electron chi connectivity index (χ1n) is 15.6. The molecule has 0 aliphatic carbocycles. The van der Waals surface area contributed by atoms with Crippen molar-refractivity contribution in [1.82, 2.24) is 9.80 Å². The number of aliphatic hydroxyl groups excluding tert-OH is 1. The van der Waals surface area contributed by atoms with Gasteiger partial charge in [-0.2, -0.15) is 0 Å². The molecule has 3 aromatic carbocycles. The zero-order valence-corrected chi connectivity index (χ0v) is 25.1. The van der Waals surface area contributed by atoms with Gasteiger partial charge in [0.2, 0.25) is 5.91 Å². The largest absolute Gasteiger partial charge is 0.481 e. The van der Waals surface area contributed by atoms with Crippen molar-refractivity contribution in [2.45, 2.75) is 63.8 Å². The number of aliphatic carboxylic acids is 1. The molecule has 0 unspecified atom stereocenters. The lowest BCUT2D eigenvalue weighted by Gasteiger charge is -2.40. The number of rotatable bonds is 13. The molecule has 234 valence electrons. The molecular weight excluding hydrogens is 558 g/mol. The summed E-state index contributed by atoms with van der Waals surface area (Å²) in [5.74, 6) is -0.982. The molecule has 0 aromatic heterocycles. The van der Waals surface area contributed by atoms with E-state index in [2.05, 4.69) is 45.4 Å². The second-order valence-corrected chi connectivity index (χ2v) is 11.7. The van der Waals surface area contributed by atoms with Gasteiger partial charge < -0.3 is 25.0 Å². The van der Waals surface area contributed by atoms with E-state index in [4.69, 9.17) is 14.6 Å². The Hall–Kier alpha value is -3.60. The lowest BCUT2D eigenvalue weighted by Crippen LogP contribution is -2.49. The molecule has 0 saturated carbocycles. The second kappa shape index (κ2) is 15.9. The monoisotopic (exact) mass is 601 g/mol. The van der Waals surface area contributed by atoms with Crippen LogP contribution in [0.5, 0.6) is 0 Å². The Morgan fingerprint density at radius 3 is 2.11 bits per heavy atom.